The molecule has 0 aliphatic heterocycles. The van der Waals surface area contributed by atoms with E-state index in [2.05, 4.69) is 5.14 Å². The summed E-state index contributed by atoms with van der Waals surface area (Å²) < 4.78 is 43.6. The molecule has 0 saturated carbocycles. The lowest BCUT2D eigenvalue weighted by atomic mass is 10.4. The van der Waals surface area contributed by atoms with Gasteiger partial charge in [0.15, 0.2) is 0 Å². The molecule has 0 fully saturated rings. The highest BCUT2D eigenvalue weighted by molar-refractivity contribution is 8.66. The van der Waals surface area contributed by atoms with E-state index in [1.807, 2.05) is 0 Å². The second-order valence-corrected chi connectivity index (χ2v) is 7.34. The molecule has 1 rings (SSSR count). The molecule has 0 heterocycles. The zero-order valence-corrected chi connectivity index (χ0v) is 8.05. The standard InChI is InChI=1S/C6H7NO4S2/c7-13(10,11)12(8,9)6-4-2-1-3-5-6/h1-5H,(H2,7,10,11). The molecule has 0 atom stereocenters. The topological polar surface area (TPSA) is 94.3 Å². The van der Waals surface area contributed by atoms with E-state index in [1.165, 1.54) is 24.3 Å². The van der Waals surface area contributed by atoms with Crippen molar-refractivity contribution in [2.24, 2.45) is 5.14 Å². The van der Waals surface area contributed by atoms with Gasteiger partial charge < -0.3 is 0 Å². The maximum atomic E-state index is 11.1. The van der Waals surface area contributed by atoms with Crippen LogP contribution < -0.4 is 5.14 Å². The minimum Gasteiger partial charge on any atom is -0.215 e. The van der Waals surface area contributed by atoms with E-state index in [-0.39, 0.29) is 4.90 Å². The maximum absolute atomic E-state index is 11.1. The van der Waals surface area contributed by atoms with Gasteiger partial charge in [-0.3, -0.25) is 0 Å². The summed E-state index contributed by atoms with van der Waals surface area (Å²) in [5.74, 6) is 0. The summed E-state index contributed by atoms with van der Waals surface area (Å²) >= 11 is 0. The van der Waals surface area contributed by atoms with E-state index >= 15 is 0 Å². The Morgan fingerprint density at radius 2 is 1.38 bits per heavy atom. The predicted molar refractivity (Wildman–Crippen MR) is 46.7 cm³/mol. The number of rotatable bonds is 2. The largest absolute Gasteiger partial charge is 0.319 e. The molecular formula is C6H7NO4S2. The van der Waals surface area contributed by atoms with Crippen molar-refractivity contribution < 1.29 is 16.8 Å². The van der Waals surface area contributed by atoms with Crippen LogP contribution in [-0.4, -0.2) is 16.8 Å². The summed E-state index contributed by atoms with van der Waals surface area (Å²) in [5.41, 5.74) is 0. The van der Waals surface area contributed by atoms with E-state index in [1.54, 1.807) is 6.07 Å². The molecule has 0 amide bonds. The van der Waals surface area contributed by atoms with E-state index in [0.717, 1.165) is 0 Å². The van der Waals surface area contributed by atoms with Gasteiger partial charge in [-0.05, 0) is 12.1 Å². The van der Waals surface area contributed by atoms with Crippen LogP contribution in [0, 0.1) is 0 Å². The van der Waals surface area contributed by atoms with Crippen LogP contribution in [0.1, 0.15) is 0 Å². The van der Waals surface area contributed by atoms with Crippen LogP contribution in [0.4, 0.5) is 0 Å². The van der Waals surface area contributed by atoms with Gasteiger partial charge in [-0.2, -0.15) is 8.42 Å². The monoisotopic (exact) mass is 221 g/mol. The quantitative estimate of drug-likeness (QED) is 0.691. The van der Waals surface area contributed by atoms with Gasteiger partial charge in [0.05, 0.1) is 4.90 Å². The first-order valence-electron chi connectivity index (χ1n) is 3.18. The molecule has 0 aliphatic rings. The van der Waals surface area contributed by atoms with Crippen molar-refractivity contribution in [3.63, 3.8) is 0 Å². The molecule has 0 radical (unpaired) electrons. The van der Waals surface area contributed by atoms with Crippen molar-refractivity contribution >= 4 is 17.9 Å². The molecule has 13 heavy (non-hydrogen) atoms. The highest BCUT2D eigenvalue weighted by Gasteiger charge is 2.27. The van der Waals surface area contributed by atoms with Crippen LogP contribution in [-0.2, 0) is 17.9 Å². The summed E-state index contributed by atoms with van der Waals surface area (Å²) in [7, 11) is -9.01. The first-order valence-corrected chi connectivity index (χ1v) is 6.73. The summed E-state index contributed by atoms with van der Waals surface area (Å²) in [4.78, 5) is -0.322. The van der Waals surface area contributed by atoms with Gasteiger partial charge in [0.2, 0.25) is 0 Å². The van der Waals surface area contributed by atoms with Gasteiger partial charge >= 0.3 is 9.06 Å². The van der Waals surface area contributed by atoms with E-state index in [9.17, 15) is 16.8 Å². The molecule has 7 heteroatoms. The van der Waals surface area contributed by atoms with Gasteiger partial charge in [-0.15, -0.1) is 0 Å². The first-order chi connectivity index (χ1) is 5.86. The van der Waals surface area contributed by atoms with Crippen molar-refractivity contribution in [1.82, 2.24) is 0 Å². The van der Waals surface area contributed by atoms with E-state index in [4.69, 9.17) is 0 Å². The highest BCUT2D eigenvalue weighted by Crippen LogP contribution is 2.13. The lowest BCUT2D eigenvalue weighted by molar-refractivity contribution is 0.583. The highest BCUT2D eigenvalue weighted by atomic mass is 33.2. The fraction of sp³-hybridized carbons (Fsp3) is 0. The van der Waals surface area contributed by atoms with Crippen molar-refractivity contribution in [2.45, 2.75) is 4.90 Å². The van der Waals surface area contributed by atoms with E-state index in [0.29, 0.717) is 0 Å². The predicted octanol–water partition coefficient (Wildman–Crippen LogP) is -0.336. The smallest absolute Gasteiger partial charge is 0.215 e. The van der Waals surface area contributed by atoms with Crippen LogP contribution in [0.5, 0.6) is 0 Å². The molecule has 0 unspecified atom stereocenters. The second kappa shape index (κ2) is 3.09. The molecule has 0 aliphatic carbocycles. The zero-order valence-electron chi connectivity index (χ0n) is 6.41. The molecule has 72 valence electrons. The van der Waals surface area contributed by atoms with E-state index < -0.39 is 17.9 Å². The third kappa shape index (κ3) is 1.87. The Bertz CT molecular complexity index is 489. The van der Waals surface area contributed by atoms with Crippen LogP contribution in [0.3, 0.4) is 0 Å². The van der Waals surface area contributed by atoms with Crippen LogP contribution in [0.25, 0.3) is 0 Å². The molecule has 1 aromatic carbocycles. The van der Waals surface area contributed by atoms with Crippen molar-refractivity contribution in [1.29, 1.82) is 0 Å². The average Bonchev–Trinajstić information content (AvgIpc) is 2.04. The normalized spacial score (nSPS) is 12.7. The van der Waals surface area contributed by atoms with Crippen molar-refractivity contribution in [3.05, 3.63) is 30.3 Å². The Balaban J connectivity index is 3.43. The molecule has 2 N–H and O–H groups in total. The summed E-state index contributed by atoms with van der Waals surface area (Å²) in [6, 6.07) is 6.73. The minimum atomic E-state index is -4.58. The van der Waals surface area contributed by atoms with Gasteiger partial charge in [0.25, 0.3) is 8.87 Å². The lowest BCUT2D eigenvalue weighted by Crippen LogP contribution is -2.23. The Kier molecular flexibility index (Phi) is 2.42. The van der Waals surface area contributed by atoms with Crippen LogP contribution in [0.2, 0.25) is 0 Å². The second-order valence-electron chi connectivity index (χ2n) is 2.26. The van der Waals surface area contributed by atoms with Crippen LogP contribution >= 0.6 is 0 Å². The molecular weight excluding hydrogens is 214 g/mol. The average molecular weight is 221 g/mol. The zero-order chi connectivity index (χ0) is 10.1. The Hall–Kier alpha value is -0.920. The fourth-order valence-electron chi connectivity index (χ4n) is 0.721. The number of nitrogens with two attached hydrogens (primary N) is 1. The van der Waals surface area contributed by atoms with Gasteiger partial charge in [0, 0.05) is 0 Å². The molecule has 0 aromatic heterocycles. The summed E-state index contributed by atoms with van der Waals surface area (Å²) in [6.45, 7) is 0. The Morgan fingerprint density at radius 1 is 0.923 bits per heavy atom. The fourth-order valence-corrected chi connectivity index (χ4v) is 2.62. The molecule has 0 saturated heterocycles. The first kappa shape index (κ1) is 10.2. The summed E-state index contributed by atoms with van der Waals surface area (Å²) in [6.07, 6.45) is 0. The Labute approximate surface area is 75.6 Å². The molecule has 0 spiro atoms. The number of hydrogen-bond acceptors (Lipinski definition) is 4. The third-order valence-electron chi connectivity index (χ3n) is 1.34. The SMILES string of the molecule is NS(=O)(=O)S(=O)(=O)c1ccccc1. The summed E-state index contributed by atoms with van der Waals surface area (Å²) in [5, 5.41) is 4.53. The molecule has 1 aromatic rings. The maximum Gasteiger partial charge on any atom is 0.319 e. The van der Waals surface area contributed by atoms with Gasteiger partial charge in [-0.25, -0.2) is 13.6 Å². The third-order valence-corrected chi connectivity index (χ3v) is 5.21. The number of hydrogen-bond donors (Lipinski definition) is 1. The minimum absolute atomic E-state index is 0.322. The Morgan fingerprint density at radius 3 is 1.77 bits per heavy atom. The van der Waals surface area contributed by atoms with Crippen molar-refractivity contribution in [3.8, 4) is 0 Å². The van der Waals surface area contributed by atoms with Crippen LogP contribution in [0.15, 0.2) is 35.2 Å². The lowest BCUT2D eigenvalue weighted by Gasteiger charge is -1.99. The van der Waals surface area contributed by atoms with Gasteiger partial charge in [0.1, 0.15) is 0 Å². The number of benzene rings is 1. The van der Waals surface area contributed by atoms with Gasteiger partial charge in [-0.1, -0.05) is 18.2 Å². The molecule has 5 nitrogen and oxygen atoms in total. The molecule has 0 bridgehead atoms. The van der Waals surface area contributed by atoms with Crippen molar-refractivity contribution in [2.75, 3.05) is 0 Å².